The summed E-state index contributed by atoms with van der Waals surface area (Å²) in [4.78, 5) is 27.5. The first-order valence-electron chi connectivity index (χ1n) is 11.5. The first-order valence-corrected chi connectivity index (χ1v) is 11.5. The number of carbonyl (C=O) groups excluding carboxylic acids is 2. The van der Waals surface area contributed by atoms with E-state index in [1.54, 1.807) is 26.8 Å². The van der Waals surface area contributed by atoms with Crippen LogP contribution in [-0.4, -0.2) is 48.7 Å². The molecule has 0 saturated carbocycles. The van der Waals surface area contributed by atoms with Crippen molar-refractivity contribution in [1.82, 2.24) is 10.2 Å². The van der Waals surface area contributed by atoms with E-state index in [1.807, 2.05) is 26.0 Å². The second-order valence-electron chi connectivity index (χ2n) is 10.1. The molecule has 2 rings (SSSR count). The van der Waals surface area contributed by atoms with Gasteiger partial charge < -0.3 is 19.7 Å². The van der Waals surface area contributed by atoms with Gasteiger partial charge in [-0.05, 0) is 77.2 Å². The van der Waals surface area contributed by atoms with Crippen LogP contribution in [0.25, 0.3) is 0 Å². The molecule has 1 fully saturated rings. The Bertz CT molecular complexity index is 756. The highest BCUT2D eigenvalue weighted by Crippen LogP contribution is 2.37. The molecule has 1 aliphatic heterocycles. The van der Waals surface area contributed by atoms with E-state index in [9.17, 15) is 9.59 Å². The van der Waals surface area contributed by atoms with Gasteiger partial charge in [0, 0.05) is 12.0 Å². The molecular formula is C25H40N2O4. The minimum atomic E-state index is -0.771. The van der Waals surface area contributed by atoms with Crippen LogP contribution >= 0.6 is 0 Å². The molecule has 1 aromatic rings. The van der Waals surface area contributed by atoms with Crippen molar-refractivity contribution in [3.63, 3.8) is 0 Å². The molecule has 0 radical (unpaired) electrons. The summed E-state index contributed by atoms with van der Waals surface area (Å²) in [6.45, 7) is 13.5. The standard InChI is InChI=1S/C25H40N2O4/c1-8-25(14-9-10-15-27(7)17-25)19-12-11-13-20(16-19)30-23(29)26-21(18(2)3)22(28)31-24(4,5)6/h11-13,16,18,21H,8-10,14-15,17H2,1-7H3,(H,26,29). The average Bonchev–Trinajstić information content (AvgIpc) is 2.86. The summed E-state index contributed by atoms with van der Waals surface area (Å²) >= 11 is 0. The largest absolute Gasteiger partial charge is 0.458 e. The third-order valence-corrected chi connectivity index (χ3v) is 5.95. The van der Waals surface area contributed by atoms with Crippen molar-refractivity contribution >= 4 is 12.1 Å². The monoisotopic (exact) mass is 432 g/mol. The molecule has 1 aliphatic rings. The molecular weight excluding hydrogens is 392 g/mol. The van der Waals surface area contributed by atoms with Gasteiger partial charge in [0.05, 0.1) is 0 Å². The number of ether oxygens (including phenoxy) is 2. The van der Waals surface area contributed by atoms with Gasteiger partial charge in [0.2, 0.25) is 0 Å². The van der Waals surface area contributed by atoms with Crippen molar-refractivity contribution in [2.45, 2.75) is 84.3 Å². The Morgan fingerprint density at radius 2 is 1.94 bits per heavy atom. The Morgan fingerprint density at radius 1 is 1.23 bits per heavy atom. The molecule has 2 atom stereocenters. The van der Waals surface area contributed by atoms with Crippen molar-refractivity contribution in [2.75, 3.05) is 20.1 Å². The van der Waals surface area contributed by atoms with E-state index < -0.39 is 23.7 Å². The van der Waals surface area contributed by atoms with Crippen molar-refractivity contribution in [3.05, 3.63) is 29.8 Å². The fourth-order valence-electron chi connectivity index (χ4n) is 4.26. The third kappa shape index (κ3) is 7.23. The molecule has 0 aromatic heterocycles. The summed E-state index contributed by atoms with van der Waals surface area (Å²) in [5, 5.41) is 2.68. The fraction of sp³-hybridized carbons (Fsp3) is 0.680. The number of hydrogen-bond acceptors (Lipinski definition) is 5. The Labute approximate surface area is 187 Å². The summed E-state index contributed by atoms with van der Waals surface area (Å²) in [6.07, 6.45) is 3.90. The van der Waals surface area contributed by atoms with Crippen LogP contribution in [0.2, 0.25) is 0 Å². The molecule has 1 aromatic carbocycles. The van der Waals surface area contributed by atoms with Crippen LogP contribution < -0.4 is 10.1 Å². The van der Waals surface area contributed by atoms with Crippen molar-refractivity contribution in [1.29, 1.82) is 0 Å². The molecule has 0 bridgehead atoms. The van der Waals surface area contributed by atoms with Gasteiger partial charge in [-0.15, -0.1) is 0 Å². The Morgan fingerprint density at radius 3 is 2.55 bits per heavy atom. The van der Waals surface area contributed by atoms with Gasteiger partial charge in [0.25, 0.3) is 0 Å². The zero-order chi connectivity index (χ0) is 23.2. The number of likely N-dealkylation sites (tertiary alicyclic amines) is 1. The number of carbonyl (C=O) groups is 2. The van der Waals surface area contributed by atoms with Gasteiger partial charge >= 0.3 is 12.1 Å². The Kier molecular flexibility index (Phi) is 8.52. The molecule has 2 unspecified atom stereocenters. The molecule has 6 heteroatoms. The first kappa shape index (κ1) is 25.2. The van der Waals surface area contributed by atoms with E-state index in [1.165, 1.54) is 18.4 Å². The van der Waals surface area contributed by atoms with E-state index in [2.05, 4.69) is 30.3 Å². The van der Waals surface area contributed by atoms with Gasteiger partial charge in [-0.25, -0.2) is 9.59 Å². The van der Waals surface area contributed by atoms with E-state index in [4.69, 9.17) is 9.47 Å². The summed E-state index contributed by atoms with van der Waals surface area (Å²) in [6, 6.07) is 7.05. The number of rotatable bonds is 6. The van der Waals surface area contributed by atoms with E-state index >= 15 is 0 Å². The van der Waals surface area contributed by atoms with Crippen LogP contribution in [0.3, 0.4) is 0 Å². The van der Waals surface area contributed by atoms with Crippen molar-refractivity contribution < 1.29 is 19.1 Å². The molecule has 1 N–H and O–H groups in total. The smallest absolute Gasteiger partial charge is 0.413 e. The Hall–Kier alpha value is -2.08. The summed E-state index contributed by atoms with van der Waals surface area (Å²) in [5.41, 5.74) is 0.629. The van der Waals surface area contributed by atoms with Gasteiger partial charge in [-0.3, -0.25) is 0 Å². The van der Waals surface area contributed by atoms with E-state index in [0.29, 0.717) is 5.75 Å². The van der Waals surface area contributed by atoms with Crippen molar-refractivity contribution in [3.8, 4) is 5.75 Å². The number of nitrogens with zero attached hydrogens (tertiary/aromatic N) is 1. The van der Waals surface area contributed by atoms with Gasteiger partial charge in [-0.1, -0.05) is 39.3 Å². The minimum Gasteiger partial charge on any atom is -0.458 e. The predicted octanol–water partition coefficient (Wildman–Crippen LogP) is 4.90. The average molecular weight is 433 g/mol. The minimum absolute atomic E-state index is 0.0536. The first-order chi connectivity index (χ1) is 14.5. The number of benzene rings is 1. The second kappa shape index (κ2) is 10.5. The molecule has 31 heavy (non-hydrogen) atoms. The number of likely N-dealkylation sites (N-methyl/N-ethyl adjacent to an activating group) is 1. The molecule has 0 aliphatic carbocycles. The molecule has 1 heterocycles. The highest BCUT2D eigenvalue weighted by molar-refractivity contribution is 5.82. The molecule has 174 valence electrons. The van der Waals surface area contributed by atoms with Crippen LogP contribution in [-0.2, 0) is 14.9 Å². The van der Waals surface area contributed by atoms with Gasteiger partial charge in [0.15, 0.2) is 0 Å². The second-order valence-corrected chi connectivity index (χ2v) is 10.1. The molecule has 0 spiro atoms. The maximum absolute atomic E-state index is 12.6. The highest BCUT2D eigenvalue weighted by atomic mass is 16.6. The zero-order valence-electron chi connectivity index (χ0n) is 20.3. The molecule has 1 saturated heterocycles. The number of nitrogens with one attached hydrogen (secondary N) is 1. The summed E-state index contributed by atoms with van der Waals surface area (Å²) in [5.74, 6) is -0.0975. The lowest BCUT2D eigenvalue weighted by Gasteiger charge is -2.35. The lowest BCUT2D eigenvalue weighted by molar-refractivity contribution is -0.158. The predicted molar refractivity (Wildman–Crippen MR) is 123 cm³/mol. The van der Waals surface area contributed by atoms with Crippen LogP contribution in [0, 0.1) is 5.92 Å². The quantitative estimate of drug-likeness (QED) is 0.647. The van der Waals surface area contributed by atoms with Crippen LogP contribution in [0.15, 0.2) is 24.3 Å². The van der Waals surface area contributed by atoms with Crippen LogP contribution in [0.1, 0.15) is 72.8 Å². The van der Waals surface area contributed by atoms with Crippen molar-refractivity contribution in [2.24, 2.45) is 5.92 Å². The molecule has 1 amide bonds. The van der Waals surface area contributed by atoms with Gasteiger partial charge in [-0.2, -0.15) is 0 Å². The lowest BCUT2D eigenvalue weighted by Crippen LogP contribution is -2.48. The normalized spacial score (nSPS) is 21.3. The lowest BCUT2D eigenvalue weighted by atomic mass is 9.74. The van der Waals surface area contributed by atoms with E-state index in [-0.39, 0.29) is 11.3 Å². The van der Waals surface area contributed by atoms with Crippen LogP contribution in [0.4, 0.5) is 4.79 Å². The maximum Gasteiger partial charge on any atom is 0.413 e. The summed E-state index contributed by atoms with van der Waals surface area (Å²) in [7, 11) is 2.17. The van der Waals surface area contributed by atoms with E-state index in [0.717, 1.165) is 25.9 Å². The Balaban J connectivity index is 2.14. The van der Waals surface area contributed by atoms with Gasteiger partial charge in [0.1, 0.15) is 17.4 Å². The third-order valence-electron chi connectivity index (χ3n) is 5.95. The fourth-order valence-corrected chi connectivity index (χ4v) is 4.26. The summed E-state index contributed by atoms with van der Waals surface area (Å²) < 4.78 is 11.0. The molecule has 6 nitrogen and oxygen atoms in total. The number of esters is 1. The number of amides is 1. The van der Waals surface area contributed by atoms with Crippen LogP contribution in [0.5, 0.6) is 5.75 Å². The highest BCUT2D eigenvalue weighted by Gasteiger charge is 2.34. The topological polar surface area (TPSA) is 67.9 Å². The SMILES string of the molecule is CCC1(c2cccc(OC(=O)NC(C(=O)OC(C)(C)C)C(C)C)c2)CCCCN(C)C1. The maximum atomic E-state index is 12.6. The number of hydrogen-bond donors (Lipinski definition) is 1. The zero-order valence-corrected chi connectivity index (χ0v) is 20.3.